The normalized spacial score (nSPS) is 12.6. The molecular formula is C19H26N2O. The molecule has 3 nitrogen and oxygen atoms in total. The predicted octanol–water partition coefficient (Wildman–Crippen LogP) is 3.21. The molecule has 0 bridgehead atoms. The third kappa shape index (κ3) is 4.08. The SMILES string of the molecule is CC(C)C(N)CCN(C)C(=O)Cc1cccc2ccccc12. The largest absolute Gasteiger partial charge is 0.345 e. The van der Waals surface area contributed by atoms with E-state index >= 15 is 0 Å². The van der Waals surface area contributed by atoms with E-state index in [0.717, 1.165) is 17.4 Å². The molecule has 0 spiro atoms. The maximum absolute atomic E-state index is 12.4. The number of rotatable bonds is 6. The number of fused-ring (bicyclic) bond motifs is 1. The van der Waals surface area contributed by atoms with Crippen LogP contribution in [0.3, 0.4) is 0 Å². The van der Waals surface area contributed by atoms with Crippen molar-refractivity contribution in [2.75, 3.05) is 13.6 Å². The molecule has 2 aromatic carbocycles. The average molecular weight is 298 g/mol. The molecule has 2 rings (SSSR count). The fraction of sp³-hybridized carbons (Fsp3) is 0.421. The quantitative estimate of drug-likeness (QED) is 0.890. The summed E-state index contributed by atoms with van der Waals surface area (Å²) < 4.78 is 0. The van der Waals surface area contributed by atoms with Gasteiger partial charge in [-0.05, 0) is 28.7 Å². The van der Waals surface area contributed by atoms with Crippen molar-refractivity contribution in [3.05, 3.63) is 48.0 Å². The fourth-order valence-corrected chi connectivity index (χ4v) is 2.55. The Labute approximate surface area is 133 Å². The van der Waals surface area contributed by atoms with Crippen molar-refractivity contribution in [3.8, 4) is 0 Å². The second-order valence-electron chi connectivity index (χ2n) is 6.33. The Bertz CT molecular complexity index is 631. The molecular weight excluding hydrogens is 272 g/mol. The Morgan fingerprint density at radius 3 is 2.55 bits per heavy atom. The zero-order chi connectivity index (χ0) is 16.1. The summed E-state index contributed by atoms with van der Waals surface area (Å²) in [6.45, 7) is 4.94. The zero-order valence-electron chi connectivity index (χ0n) is 13.8. The van der Waals surface area contributed by atoms with E-state index in [1.165, 1.54) is 5.39 Å². The van der Waals surface area contributed by atoms with Crippen LogP contribution >= 0.6 is 0 Å². The molecule has 0 aromatic heterocycles. The Kier molecular flexibility index (Phi) is 5.56. The van der Waals surface area contributed by atoms with Gasteiger partial charge in [0.1, 0.15) is 0 Å². The summed E-state index contributed by atoms with van der Waals surface area (Å²) in [6, 6.07) is 14.5. The number of hydrogen-bond acceptors (Lipinski definition) is 2. The molecule has 1 atom stereocenters. The van der Waals surface area contributed by atoms with Gasteiger partial charge in [0.25, 0.3) is 0 Å². The highest BCUT2D eigenvalue weighted by Gasteiger charge is 2.14. The van der Waals surface area contributed by atoms with Gasteiger partial charge in [-0.2, -0.15) is 0 Å². The molecule has 22 heavy (non-hydrogen) atoms. The van der Waals surface area contributed by atoms with E-state index in [-0.39, 0.29) is 11.9 Å². The number of hydrogen-bond donors (Lipinski definition) is 1. The topological polar surface area (TPSA) is 46.3 Å². The lowest BCUT2D eigenvalue weighted by atomic mass is 10.0. The second-order valence-corrected chi connectivity index (χ2v) is 6.33. The van der Waals surface area contributed by atoms with Gasteiger partial charge in [-0.25, -0.2) is 0 Å². The Hall–Kier alpha value is -1.87. The molecule has 3 heteroatoms. The third-order valence-corrected chi connectivity index (χ3v) is 4.30. The van der Waals surface area contributed by atoms with Crippen LogP contribution in [0.2, 0.25) is 0 Å². The van der Waals surface area contributed by atoms with Crippen LogP contribution in [0.15, 0.2) is 42.5 Å². The molecule has 0 aliphatic rings. The second kappa shape index (κ2) is 7.41. The van der Waals surface area contributed by atoms with Crippen LogP contribution in [0.5, 0.6) is 0 Å². The van der Waals surface area contributed by atoms with Gasteiger partial charge in [0, 0.05) is 19.6 Å². The molecule has 0 saturated heterocycles. The highest BCUT2D eigenvalue weighted by Crippen LogP contribution is 2.19. The molecule has 0 fully saturated rings. The Morgan fingerprint density at radius 2 is 1.82 bits per heavy atom. The number of nitrogens with zero attached hydrogens (tertiary/aromatic N) is 1. The molecule has 0 heterocycles. The summed E-state index contributed by atoms with van der Waals surface area (Å²) in [6.07, 6.45) is 1.28. The lowest BCUT2D eigenvalue weighted by Gasteiger charge is -2.22. The predicted molar refractivity (Wildman–Crippen MR) is 92.7 cm³/mol. The minimum Gasteiger partial charge on any atom is -0.345 e. The van der Waals surface area contributed by atoms with Gasteiger partial charge >= 0.3 is 0 Å². The van der Waals surface area contributed by atoms with Crippen LogP contribution in [0.4, 0.5) is 0 Å². The van der Waals surface area contributed by atoms with Crippen molar-refractivity contribution in [1.29, 1.82) is 0 Å². The average Bonchev–Trinajstić information content (AvgIpc) is 2.52. The molecule has 0 saturated carbocycles. The van der Waals surface area contributed by atoms with Crippen LogP contribution in [0.25, 0.3) is 10.8 Å². The molecule has 0 aliphatic heterocycles. The van der Waals surface area contributed by atoms with E-state index in [9.17, 15) is 4.79 Å². The van der Waals surface area contributed by atoms with Crippen LogP contribution in [0.1, 0.15) is 25.8 Å². The van der Waals surface area contributed by atoms with E-state index in [0.29, 0.717) is 18.9 Å². The smallest absolute Gasteiger partial charge is 0.226 e. The van der Waals surface area contributed by atoms with Crippen LogP contribution < -0.4 is 5.73 Å². The first kappa shape index (κ1) is 16.5. The first-order chi connectivity index (χ1) is 10.5. The van der Waals surface area contributed by atoms with Crippen molar-refractivity contribution in [1.82, 2.24) is 4.90 Å². The zero-order valence-corrected chi connectivity index (χ0v) is 13.8. The third-order valence-electron chi connectivity index (χ3n) is 4.30. The van der Waals surface area contributed by atoms with Crippen molar-refractivity contribution < 1.29 is 4.79 Å². The maximum Gasteiger partial charge on any atom is 0.226 e. The van der Waals surface area contributed by atoms with E-state index < -0.39 is 0 Å². The lowest BCUT2D eigenvalue weighted by molar-refractivity contribution is -0.129. The van der Waals surface area contributed by atoms with Crippen molar-refractivity contribution in [2.45, 2.75) is 32.7 Å². The van der Waals surface area contributed by atoms with Crippen LogP contribution in [-0.2, 0) is 11.2 Å². The Balaban J connectivity index is 2.01. The lowest BCUT2D eigenvalue weighted by Crippen LogP contribution is -2.35. The number of amides is 1. The molecule has 118 valence electrons. The Morgan fingerprint density at radius 1 is 1.14 bits per heavy atom. The van der Waals surface area contributed by atoms with Gasteiger partial charge in [0.2, 0.25) is 5.91 Å². The highest BCUT2D eigenvalue weighted by atomic mass is 16.2. The molecule has 1 amide bonds. The molecule has 1 unspecified atom stereocenters. The van der Waals surface area contributed by atoms with Gasteiger partial charge in [0.15, 0.2) is 0 Å². The van der Waals surface area contributed by atoms with Gasteiger partial charge in [-0.1, -0.05) is 56.3 Å². The molecule has 2 N–H and O–H groups in total. The number of carbonyl (C=O) groups excluding carboxylic acids is 1. The van der Waals surface area contributed by atoms with Gasteiger partial charge in [-0.15, -0.1) is 0 Å². The first-order valence-electron chi connectivity index (χ1n) is 7.95. The summed E-state index contributed by atoms with van der Waals surface area (Å²) in [5, 5.41) is 2.34. The summed E-state index contributed by atoms with van der Waals surface area (Å²) >= 11 is 0. The van der Waals surface area contributed by atoms with E-state index in [1.54, 1.807) is 4.90 Å². The number of carbonyl (C=O) groups is 1. The summed E-state index contributed by atoms with van der Waals surface area (Å²) in [7, 11) is 1.86. The first-order valence-corrected chi connectivity index (χ1v) is 7.95. The van der Waals surface area contributed by atoms with E-state index in [2.05, 4.69) is 32.0 Å². The maximum atomic E-state index is 12.4. The summed E-state index contributed by atoms with van der Waals surface area (Å²) in [4.78, 5) is 14.2. The van der Waals surface area contributed by atoms with Gasteiger partial charge < -0.3 is 10.6 Å². The van der Waals surface area contributed by atoms with Crippen molar-refractivity contribution >= 4 is 16.7 Å². The summed E-state index contributed by atoms with van der Waals surface area (Å²) in [5.74, 6) is 0.592. The molecule has 0 radical (unpaired) electrons. The molecule has 2 aromatic rings. The van der Waals surface area contributed by atoms with Crippen molar-refractivity contribution in [2.24, 2.45) is 11.7 Å². The minimum atomic E-state index is 0.146. The van der Waals surface area contributed by atoms with Crippen LogP contribution in [-0.4, -0.2) is 30.4 Å². The number of benzene rings is 2. The minimum absolute atomic E-state index is 0.146. The van der Waals surface area contributed by atoms with Gasteiger partial charge in [-0.3, -0.25) is 4.79 Å². The molecule has 0 aliphatic carbocycles. The highest BCUT2D eigenvalue weighted by molar-refractivity contribution is 5.90. The standard InChI is InChI=1S/C19H26N2O/c1-14(2)18(20)11-12-21(3)19(22)13-16-9-6-8-15-7-4-5-10-17(15)16/h4-10,14,18H,11-13,20H2,1-3H3. The monoisotopic (exact) mass is 298 g/mol. The summed E-state index contributed by atoms with van der Waals surface area (Å²) in [5.41, 5.74) is 7.14. The van der Waals surface area contributed by atoms with Crippen molar-refractivity contribution in [3.63, 3.8) is 0 Å². The van der Waals surface area contributed by atoms with Gasteiger partial charge in [0.05, 0.1) is 6.42 Å². The van der Waals surface area contributed by atoms with Crippen LogP contribution in [0, 0.1) is 5.92 Å². The fourth-order valence-electron chi connectivity index (χ4n) is 2.55. The van der Waals surface area contributed by atoms with E-state index in [1.807, 2.05) is 31.3 Å². The number of likely N-dealkylation sites (N-methyl/N-ethyl adjacent to an activating group) is 1. The van der Waals surface area contributed by atoms with E-state index in [4.69, 9.17) is 5.73 Å². The number of nitrogens with two attached hydrogens (primary N) is 1.